The van der Waals surface area contributed by atoms with Crippen LogP contribution in [0.5, 0.6) is 5.75 Å². The van der Waals surface area contributed by atoms with E-state index in [4.69, 9.17) is 9.72 Å². The Kier molecular flexibility index (Phi) is 4.19. The SMILES string of the molecule is Cc1ccnc(CSc2nc3c(OCC4CC4)cccc3[nH]2)c1C. The zero-order valence-corrected chi connectivity index (χ0v) is 14.8. The van der Waals surface area contributed by atoms with Crippen LogP contribution in [0.25, 0.3) is 11.0 Å². The molecule has 2 heterocycles. The van der Waals surface area contributed by atoms with Crippen molar-refractivity contribution in [3.8, 4) is 5.75 Å². The number of nitrogens with one attached hydrogen (secondary N) is 1. The molecule has 0 unspecified atom stereocenters. The van der Waals surface area contributed by atoms with E-state index in [9.17, 15) is 0 Å². The van der Waals surface area contributed by atoms with Crippen molar-refractivity contribution in [1.82, 2.24) is 15.0 Å². The Balaban J connectivity index is 1.52. The molecule has 0 spiro atoms. The van der Waals surface area contributed by atoms with Gasteiger partial charge in [0.2, 0.25) is 0 Å². The average molecular weight is 339 g/mol. The van der Waals surface area contributed by atoms with Gasteiger partial charge in [0.1, 0.15) is 11.3 Å². The second kappa shape index (κ2) is 6.48. The highest BCUT2D eigenvalue weighted by molar-refractivity contribution is 7.98. The molecule has 124 valence electrons. The summed E-state index contributed by atoms with van der Waals surface area (Å²) >= 11 is 1.68. The summed E-state index contributed by atoms with van der Waals surface area (Å²) < 4.78 is 5.95. The number of rotatable bonds is 6. The van der Waals surface area contributed by atoms with Crippen LogP contribution in [0.2, 0.25) is 0 Å². The van der Waals surface area contributed by atoms with E-state index < -0.39 is 0 Å². The number of imidazole rings is 1. The minimum atomic E-state index is 0.739. The molecule has 2 aromatic heterocycles. The third-order valence-electron chi connectivity index (χ3n) is 4.55. The largest absolute Gasteiger partial charge is 0.491 e. The van der Waals surface area contributed by atoms with Crippen molar-refractivity contribution in [2.24, 2.45) is 5.92 Å². The van der Waals surface area contributed by atoms with Crippen LogP contribution in [0.1, 0.15) is 29.7 Å². The summed E-state index contributed by atoms with van der Waals surface area (Å²) in [5.74, 6) is 2.43. The second-order valence-corrected chi connectivity index (χ2v) is 7.40. The first-order valence-corrected chi connectivity index (χ1v) is 9.34. The fourth-order valence-corrected chi connectivity index (χ4v) is 3.53. The van der Waals surface area contributed by atoms with E-state index in [1.54, 1.807) is 11.8 Å². The van der Waals surface area contributed by atoms with Crippen molar-refractivity contribution in [1.29, 1.82) is 0 Å². The molecule has 5 heteroatoms. The van der Waals surface area contributed by atoms with Gasteiger partial charge in [-0.1, -0.05) is 17.8 Å². The Bertz CT molecular complexity index is 870. The predicted molar refractivity (Wildman–Crippen MR) is 97.6 cm³/mol. The zero-order chi connectivity index (χ0) is 16.5. The van der Waals surface area contributed by atoms with Crippen LogP contribution in [0.4, 0.5) is 0 Å². The van der Waals surface area contributed by atoms with E-state index in [-0.39, 0.29) is 0 Å². The summed E-state index contributed by atoms with van der Waals surface area (Å²) in [7, 11) is 0. The average Bonchev–Trinajstić information content (AvgIpc) is 3.31. The highest BCUT2D eigenvalue weighted by atomic mass is 32.2. The minimum absolute atomic E-state index is 0.739. The first-order chi connectivity index (χ1) is 11.7. The van der Waals surface area contributed by atoms with Gasteiger partial charge in [-0.15, -0.1) is 0 Å². The summed E-state index contributed by atoms with van der Waals surface area (Å²) in [5.41, 5.74) is 5.61. The maximum atomic E-state index is 5.95. The fraction of sp³-hybridized carbons (Fsp3) is 0.368. The lowest BCUT2D eigenvalue weighted by molar-refractivity contribution is 0.302. The van der Waals surface area contributed by atoms with Gasteiger partial charge in [-0.3, -0.25) is 4.98 Å². The maximum absolute atomic E-state index is 5.95. The number of hydrogen-bond donors (Lipinski definition) is 1. The van der Waals surface area contributed by atoms with Crippen LogP contribution >= 0.6 is 11.8 Å². The smallest absolute Gasteiger partial charge is 0.166 e. The number of aryl methyl sites for hydroxylation is 1. The molecule has 4 rings (SSSR count). The quantitative estimate of drug-likeness (QED) is 0.664. The van der Waals surface area contributed by atoms with Crippen molar-refractivity contribution < 1.29 is 4.74 Å². The van der Waals surface area contributed by atoms with Crippen molar-refractivity contribution in [3.05, 3.63) is 47.3 Å². The molecular weight excluding hydrogens is 318 g/mol. The monoisotopic (exact) mass is 339 g/mol. The Labute approximate surface area is 146 Å². The number of nitrogens with zero attached hydrogens (tertiary/aromatic N) is 2. The molecule has 0 aliphatic heterocycles. The predicted octanol–water partition coefficient (Wildman–Crippen LogP) is 4.66. The minimum Gasteiger partial charge on any atom is -0.491 e. The third kappa shape index (κ3) is 3.26. The Morgan fingerprint density at radius 2 is 2.12 bits per heavy atom. The summed E-state index contributed by atoms with van der Waals surface area (Å²) in [6.07, 6.45) is 4.46. The molecule has 1 aliphatic carbocycles. The molecule has 3 aromatic rings. The van der Waals surface area contributed by atoms with Crippen LogP contribution in [-0.4, -0.2) is 21.6 Å². The van der Waals surface area contributed by atoms with Crippen LogP contribution in [0.3, 0.4) is 0 Å². The standard InChI is InChI=1S/C19H21N3OS/c1-12-8-9-20-16(13(12)2)11-24-19-21-15-4-3-5-17(18(15)22-19)23-10-14-6-7-14/h3-5,8-9,14H,6-7,10-11H2,1-2H3,(H,21,22). The van der Waals surface area contributed by atoms with Gasteiger partial charge >= 0.3 is 0 Å². The van der Waals surface area contributed by atoms with Gasteiger partial charge in [0, 0.05) is 11.9 Å². The Hall–Kier alpha value is -2.01. The van der Waals surface area contributed by atoms with Crippen molar-refractivity contribution in [2.75, 3.05) is 6.61 Å². The van der Waals surface area contributed by atoms with E-state index in [0.717, 1.165) is 45.9 Å². The second-order valence-electron chi connectivity index (χ2n) is 6.44. The molecule has 0 saturated heterocycles. The van der Waals surface area contributed by atoms with Crippen LogP contribution in [-0.2, 0) is 5.75 Å². The number of fused-ring (bicyclic) bond motifs is 1. The molecule has 0 atom stereocenters. The normalized spacial score (nSPS) is 14.2. The molecular formula is C19H21N3OS. The van der Waals surface area contributed by atoms with E-state index in [1.807, 2.05) is 30.5 Å². The molecule has 1 fully saturated rings. The number of para-hydroxylation sites is 1. The van der Waals surface area contributed by atoms with Crippen molar-refractivity contribution in [2.45, 2.75) is 37.6 Å². The lowest BCUT2D eigenvalue weighted by Gasteiger charge is -2.05. The molecule has 24 heavy (non-hydrogen) atoms. The molecule has 0 bridgehead atoms. The molecule has 4 nitrogen and oxygen atoms in total. The van der Waals surface area contributed by atoms with Crippen LogP contribution < -0.4 is 4.74 Å². The van der Waals surface area contributed by atoms with Crippen LogP contribution in [0.15, 0.2) is 35.6 Å². The maximum Gasteiger partial charge on any atom is 0.166 e. The molecule has 1 aliphatic rings. The first kappa shape index (κ1) is 15.5. The van der Waals surface area contributed by atoms with E-state index in [0.29, 0.717) is 0 Å². The topological polar surface area (TPSA) is 50.8 Å². The van der Waals surface area contributed by atoms with Gasteiger partial charge in [0.05, 0.1) is 17.8 Å². The Morgan fingerprint density at radius 3 is 2.96 bits per heavy atom. The summed E-state index contributed by atoms with van der Waals surface area (Å²) in [6.45, 7) is 5.05. The highest BCUT2D eigenvalue weighted by Crippen LogP contribution is 2.32. The van der Waals surface area contributed by atoms with E-state index in [1.165, 1.54) is 24.0 Å². The third-order valence-corrected chi connectivity index (χ3v) is 5.43. The van der Waals surface area contributed by atoms with Gasteiger partial charge in [-0.25, -0.2) is 4.98 Å². The van der Waals surface area contributed by atoms with Gasteiger partial charge in [-0.2, -0.15) is 0 Å². The first-order valence-electron chi connectivity index (χ1n) is 8.36. The lowest BCUT2D eigenvalue weighted by atomic mass is 10.1. The summed E-state index contributed by atoms with van der Waals surface area (Å²) in [5, 5.41) is 0.912. The molecule has 0 amide bonds. The molecule has 1 aromatic carbocycles. The molecule has 0 radical (unpaired) electrons. The fourth-order valence-electron chi connectivity index (χ4n) is 2.63. The van der Waals surface area contributed by atoms with E-state index >= 15 is 0 Å². The number of thioether (sulfide) groups is 1. The van der Waals surface area contributed by atoms with Crippen molar-refractivity contribution in [3.63, 3.8) is 0 Å². The number of aromatic nitrogens is 3. The number of ether oxygens (including phenoxy) is 1. The number of hydrogen-bond acceptors (Lipinski definition) is 4. The molecule has 1 saturated carbocycles. The Morgan fingerprint density at radius 1 is 1.25 bits per heavy atom. The lowest BCUT2D eigenvalue weighted by Crippen LogP contribution is -1.99. The van der Waals surface area contributed by atoms with E-state index in [2.05, 4.69) is 23.8 Å². The van der Waals surface area contributed by atoms with Gasteiger partial charge < -0.3 is 9.72 Å². The van der Waals surface area contributed by atoms with Gasteiger partial charge in [0.15, 0.2) is 5.16 Å². The number of pyridine rings is 1. The van der Waals surface area contributed by atoms with Crippen LogP contribution in [0, 0.1) is 19.8 Å². The zero-order valence-electron chi connectivity index (χ0n) is 14.0. The summed E-state index contributed by atoms with van der Waals surface area (Å²) in [4.78, 5) is 12.6. The van der Waals surface area contributed by atoms with Crippen molar-refractivity contribution >= 4 is 22.8 Å². The van der Waals surface area contributed by atoms with Gasteiger partial charge in [0.25, 0.3) is 0 Å². The number of H-pyrrole nitrogens is 1. The number of aromatic amines is 1. The number of benzene rings is 1. The van der Waals surface area contributed by atoms with Gasteiger partial charge in [-0.05, 0) is 61.9 Å². The molecule has 1 N–H and O–H groups in total. The highest BCUT2D eigenvalue weighted by Gasteiger charge is 2.22. The summed E-state index contributed by atoms with van der Waals surface area (Å²) in [6, 6.07) is 8.12.